The molecule has 5 rings (SSSR count). The van der Waals surface area contributed by atoms with Crippen LogP contribution in [0.25, 0.3) is 10.2 Å². The van der Waals surface area contributed by atoms with E-state index in [-0.39, 0.29) is 5.91 Å². The number of nitrogens with one attached hydrogen (secondary N) is 1. The third-order valence-corrected chi connectivity index (χ3v) is 6.81. The fraction of sp³-hybridized carbons (Fsp3) is 0.304. The molecule has 1 aliphatic carbocycles. The van der Waals surface area contributed by atoms with E-state index in [1.165, 1.54) is 24.2 Å². The Hall–Kier alpha value is -3.06. The summed E-state index contributed by atoms with van der Waals surface area (Å²) in [7, 11) is 0. The quantitative estimate of drug-likeness (QED) is 0.496. The lowest BCUT2D eigenvalue weighted by Gasteiger charge is -2.08. The van der Waals surface area contributed by atoms with Crippen LogP contribution in [0.3, 0.4) is 0 Å². The molecule has 3 heterocycles. The van der Waals surface area contributed by atoms with Gasteiger partial charge in [-0.05, 0) is 56.9 Å². The second-order valence-electron chi connectivity index (χ2n) is 7.93. The van der Waals surface area contributed by atoms with Gasteiger partial charge >= 0.3 is 0 Å². The minimum atomic E-state index is -0.0962. The Morgan fingerprint density at radius 1 is 1.17 bits per heavy atom. The lowest BCUT2D eigenvalue weighted by Crippen LogP contribution is -2.11. The van der Waals surface area contributed by atoms with Crippen molar-refractivity contribution >= 4 is 33.1 Å². The smallest absolute Gasteiger partial charge is 0.266 e. The molecular formula is C23H23N5OS. The minimum Gasteiger partial charge on any atom is -0.331 e. The van der Waals surface area contributed by atoms with Gasteiger partial charge < -0.3 is 9.88 Å². The number of hydrogen-bond acceptors (Lipinski definition) is 5. The molecule has 1 aliphatic rings. The van der Waals surface area contributed by atoms with E-state index in [0.717, 1.165) is 50.9 Å². The van der Waals surface area contributed by atoms with Crippen molar-refractivity contribution in [3.05, 3.63) is 70.0 Å². The summed E-state index contributed by atoms with van der Waals surface area (Å²) in [6.45, 7) is 6.74. The van der Waals surface area contributed by atoms with E-state index in [1.54, 1.807) is 6.20 Å². The highest BCUT2D eigenvalue weighted by atomic mass is 32.1. The van der Waals surface area contributed by atoms with Crippen LogP contribution in [0.4, 0.5) is 5.69 Å². The highest BCUT2D eigenvalue weighted by Crippen LogP contribution is 2.40. The second kappa shape index (κ2) is 7.32. The predicted molar refractivity (Wildman–Crippen MR) is 119 cm³/mol. The summed E-state index contributed by atoms with van der Waals surface area (Å²) in [6, 6.07) is 7.95. The number of imidazole rings is 1. The van der Waals surface area contributed by atoms with Crippen molar-refractivity contribution in [1.29, 1.82) is 0 Å². The number of aryl methyl sites for hydroxylation is 3. The van der Waals surface area contributed by atoms with Crippen LogP contribution in [-0.4, -0.2) is 25.4 Å². The Morgan fingerprint density at radius 2 is 1.93 bits per heavy atom. The van der Waals surface area contributed by atoms with Crippen molar-refractivity contribution in [3.63, 3.8) is 0 Å². The summed E-state index contributed by atoms with van der Waals surface area (Å²) >= 11 is 1.46. The Labute approximate surface area is 179 Å². The summed E-state index contributed by atoms with van der Waals surface area (Å²) in [6.07, 6.45) is 6.10. The number of thiophene rings is 1. The zero-order valence-corrected chi connectivity index (χ0v) is 18.1. The molecule has 0 atom stereocenters. The van der Waals surface area contributed by atoms with Gasteiger partial charge in [0.1, 0.15) is 16.5 Å². The molecule has 1 saturated carbocycles. The number of fused-ring (bicyclic) bond motifs is 1. The van der Waals surface area contributed by atoms with Gasteiger partial charge in [0, 0.05) is 35.9 Å². The van der Waals surface area contributed by atoms with Crippen molar-refractivity contribution in [2.75, 3.05) is 5.32 Å². The van der Waals surface area contributed by atoms with E-state index in [0.29, 0.717) is 10.8 Å². The topological polar surface area (TPSA) is 72.7 Å². The van der Waals surface area contributed by atoms with Crippen molar-refractivity contribution in [1.82, 2.24) is 19.5 Å². The summed E-state index contributed by atoms with van der Waals surface area (Å²) in [5.41, 5.74) is 3.86. The Morgan fingerprint density at radius 3 is 2.60 bits per heavy atom. The molecule has 1 fully saturated rings. The molecular weight excluding hydrogens is 394 g/mol. The minimum absolute atomic E-state index is 0.0962. The maximum Gasteiger partial charge on any atom is 0.266 e. The number of benzene rings is 1. The molecule has 0 radical (unpaired) electrons. The monoisotopic (exact) mass is 417 g/mol. The van der Waals surface area contributed by atoms with E-state index in [2.05, 4.69) is 19.9 Å². The molecule has 0 unspecified atom stereocenters. The highest BCUT2D eigenvalue weighted by molar-refractivity contribution is 7.20. The highest BCUT2D eigenvalue weighted by Gasteiger charge is 2.28. The van der Waals surface area contributed by atoms with Crippen LogP contribution in [-0.2, 0) is 6.54 Å². The third-order valence-electron chi connectivity index (χ3n) is 5.63. The van der Waals surface area contributed by atoms with E-state index in [9.17, 15) is 4.79 Å². The van der Waals surface area contributed by atoms with Gasteiger partial charge in [-0.15, -0.1) is 11.3 Å². The van der Waals surface area contributed by atoms with Crippen LogP contribution in [0.2, 0.25) is 0 Å². The van der Waals surface area contributed by atoms with Gasteiger partial charge in [-0.1, -0.05) is 12.1 Å². The lowest BCUT2D eigenvalue weighted by molar-refractivity contribution is 0.103. The van der Waals surface area contributed by atoms with Gasteiger partial charge in [-0.25, -0.2) is 15.0 Å². The van der Waals surface area contributed by atoms with Gasteiger partial charge in [0.15, 0.2) is 0 Å². The van der Waals surface area contributed by atoms with Gasteiger partial charge in [-0.3, -0.25) is 4.79 Å². The van der Waals surface area contributed by atoms with Gasteiger partial charge in [0.25, 0.3) is 5.91 Å². The number of carbonyl (C=O) groups is 1. The van der Waals surface area contributed by atoms with Crippen molar-refractivity contribution in [2.45, 2.75) is 46.1 Å². The number of rotatable bonds is 5. The standard InChI is InChI=1S/C23H23N5OS/c1-13-19-14(2)25-21(17-6-7-17)27-23(19)30-20(13)22(29)26-18-8-4-16(5-9-18)12-28-11-10-24-15(28)3/h4-5,8-11,17H,6-7,12H2,1-3H3,(H,26,29). The first-order chi connectivity index (χ1) is 14.5. The lowest BCUT2D eigenvalue weighted by atomic mass is 10.1. The molecule has 1 aromatic carbocycles. The van der Waals surface area contributed by atoms with Gasteiger partial charge in [0.05, 0.1) is 10.6 Å². The molecule has 0 saturated heterocycles. The van der Waals surface area contributed by atoms with E-state index in [4.69, 9.17) is 4.98 Å². The molecule has 152 valence electrons. The maximum atomic E-state index is 13.0. The van der Waals surface area contributed by atoms with E-state index in [1.807, 2.05) is 51.2 Å². The van der Waals surface area contributed by atoms with Crippen LogP contribution in [0.1, 0.15) is 56.9 Å². The Bertz CT molecular complexity index is 1250. The first-order valence-corrected chi connectivity index (χ1v) is 11.0. The average molecular weight is 418 g/mol. The van der Waals surface area contributed by atoms with Gasteiger partial charge in [-0.2, -0.15) is 0 Å². The first kappa shape index (κ1) is 18.9. The molecule has 0 spiro atoms. The molecule has 30 heavy (non-hydrogen) atoms. The fourth-order valence-corrected chi connectivity index (χ4v) is 4.88. The Kier molecular flexibility index (Phi) is 4.62. The average Bonchev–Trinajstić information content (AvgIpc) is 3.42. The summed E-state index contributed by atoms with van der Waals surface area (Å²) in [4.78, 5) is 28.3. The first-order valence-electron chi connectivity index (χ1n) is 10.2. The number of amides is 1. The number of nitrogens with zero attached hydrogens (tertiary/aromatic N) is 4. The van der Waals surface area contributed by atoms with Crippen LogP contribution >= 0.6 is 11.3 Å². The summed E-state index contributed by atoms with van der Waals surface area (Å²) in [5, 5.41) is 4.05. The SMILES string of the molecule is Cc1nc(C2CC2)nc2sc(C(=O)Nc3ccc(Cn4ccnc4C)cc3)c(C)c12. The van der Waals surface area contributed by atoms with Crippen LogP contribution in [0.5, 0.6) is 0 Å². The predicted octanol–water partition coefficient (Wildman–Crippen LogP) is 4.99. The molecule has 0 aliphatic heterocycles. The number of hydrogen-bond donors (Lipinski definition) is 1. The Balaban J connectivity index is 1.36. The molecule has 6 nitrogen and oxygen atoms in total. The number of anilines is 1. The number of aromatic nitrogens is 4. The van der Waals surface area contributed by atoms with E-state index >= 15 is 0 Å². The van der Waals surface area contributed by atoms with E-state index < -0.39 is 0 Å². The maximum absolute atomic E-state index is 13.0. The zero-order valence-electron chi connectivity index (χ0n) is 17.3. The van der Waals surface area contributed by atoms with Crippen LogP contribution in [0, 0.1) is 20.8 Å². The number of carbonyl (C=O) groups excluding carboxylic acids is 1. The molecule has 0 bridgehead atoms. The third kappa shape index (κ3) is 3.50. The summed E-state index contributed by atoms with van der Waals surface area (Å²) < 4.78 is 2.09. The van der Waals surface area contributed by atoms with Gasteiger partial charge in [0.2, 0.25) is 0 Å². The fourth-order valence-electron chi connectivity index (χ4n) is 3.75. The van der Waals surface area contributed by atoms with Crippen LogP contribution < -0.4 is 5.32 Å². The molecule has 4 aromatic rings. The molecule has 7 heteroatoms. The second-order valence-corrected chi connectivity index (χ2v) is 8.93. The largest absolute Gasteiger partial charge is 0.331 e. The summed E-state index contributed by atoms with van der Waals surface area (Å²) in [5.74, 6) is 2.31. The normalized spacial score (nSPS) is 13.7. The molecule has 3 aromatic heterocycles. The molecule has 1 amide bonds. The molecule has 1 N–H and O–H groups in total. The van der Waals surface area contributed by atoms with Crippen molar-refractivity contribution in [3.8, 4) is 0 Å². The van der Waals surface area contributed by atoms with Crippen LogP contribution in [0.15, 0.2) is 36.7 Å². The zero-order chi connectivity index (χ0) is 20.8. The van der Waals surface area contributed by atoms with Crippen molar-refractivity contribution in [2.24, 2.45) is 0 Å². The van der Waals surface area contributed by atoms with Crippen molar-refractivity contribution < 1.29 is 4.79 Å².